The Kier molecular flexibility index (Phi) is 6.93. The lowest BCUT2D eigenvalue weighted by Gasteiger charge is -2.28. The van der Waals surface area contributed by atoms with E-state index in [1.807, 2.05) is 0 Å². The number of rotatable bonds is 6. The summed E-state index contributed by atoms with van der Waals surface area (Å²) in [5, 5.41) is 0. The average Bonchev–Trinajstić information content (AvgIpc) is 2.57. The van der Waals surface area contributed by atoms with E-state index in [9.17, 15) is 14.4 Å². The number of Topliss-reactive ketones (excluding diaryl/α,β-unsaturated/α-hetero) is 1. The van der Waals surface area contributed by atoms with Crippen LogP contribution in [0, 0.1) is 5.92 Å². The van der Waals surface area contributed by atoms with Crippen LogP contribution in [0.5, 0.6) is 0 Å². The zero-order valence-electron chi connectivity index (χ0n) is 13.5. The molecule has 1 aliphatic rings. The Morgan fingerprint density at radius 2 is 2.00 bits per heavy atom. The van der Waals surface area contributed by atoms with Gasteiger partial charge in [0.15, 0.2) is 0 Å². The van der Waals surface area contributed by atoms with Crippen LogP contribution in [-0.2, 0) is 14.3 Å². The Hall–Kier alpha value is -1.73. The summed E-state index contributed by atoms with van der Waals surface area (Å²) < 4.78 is 5.91. The largest absolute Gasteiger partial charge is 0.465 e. The van der Waals surface area contributed by atoms with Gasteiger partial charge in [-0.25, -0.2) is 5.43 Å². The molecule has 2 rings (SSSR count). The molecular weight excluding hydrogens is 376 g/mol. The number of nitrogens with one attached hydrogen (secondary N) is 2. The molecule has 0 aromatic heterocycles. The van der Waals surface area contributed by atoms with Gasteiger partial charge in [0, 0.05) is 22.4 Å². The molecule has 1 aliphatic carbocycles. The van der Waals surface area contributed by atoms with Gasteiger partial charge in [0.05, 0.1) is 6.61 Å². The Bertz CT molecular complexity index is 603. The molecule has 0 radical (unpaired) electrons. The van der Waals surface area contributed by atoms with Gasteiger partial charge in [-0.1, -0.05) is 22.4 Å². The highest BCUT2D eigenvalue weighted by Crippen LogP contribution is 2.24. The number of hydrogen-bond acceptors (Lipinski definition) is 5. The molecule has 2 atom stereocenters. The Balaban J connectivity index is 2.04. The van der Waals surface area contributed by atoms with Crippen LogP contribution in [0.2, 0.25) is 0 Å². The monoisotopic (exact) mass is 396 g/mol. The van der Waals surface area contributed by atoms with Gasteiger partial charge in [-0.05, 0) is 44.0 Å². The van der Waals surface area contributed by atoms with Crippen molar-refractivity contribution < 1.29 is 19.1 Å². The van der Waals surface area contributed by atoms with Crippen molar-refractivity contribution in [3.05, 3.63) is 34.3 Å². The van der Waals surface area contributed by atoms with Crippen LogP contribution >= 0.6 is 15.9 Å². The minimum absolute atomic E-state index is 0.0321. The maximum absolute atomic E-state index is 12.2. The number of amides is 1. The lowest BCUT2D eigenvalue weighted by atomic mass is 9.83. The number of halogens is 1. The van der Waals surface area contributed by atoms with Crippen molar-refractivity contribution in [1.29, 1.82) is 0 Å². The van der Waals surface area contributed by atoms with Crippen molar-refractivity contribution in [2.45, 2.75) is 38.6 Å². The van der Waals surface area contributed by atoms with E-state index >= 15 is 0 Å². The van der Waals surface area contributed by atoms with Gasteiger partial charge in [-0.15, -0.1) is 0 Å². The predicted molar refractivity (Wildman–Crippen MR) is 92.1 cm³/mol. The van der Waals surface area contributed by atoms with E-state index in [0.29, 0.717) is 18.4 Å². The molecule has 7 heteroatoms. The maximum atomic E-state index is 12.2. The molecule has 0 spiro atoms. The fourth-order valence-corrected chi connectivity index (χ4v) is 3.00. The first-order valence-corrected chi connectivity index (χ1v) is 8.83. The number of carbonyl (C=O) groups is 3. The highest BCUT2D eigenvalue weighted by molar-refractivity contribution is 9.10. The number of ketones is 1. The summed E-state index contributed by atoms with van der Waals surface area (Å²) in [5.41, 5.74) is 5.68. The number of esters is 1. The van der Waals surface area contributed by atoms with E-state index in [4.69, 9.17) is 4.74 Å². The van der Waals surface area contributed by atoms with Crippen molar-refractivity contribution in [2.75, 3.05) is 6.61 Å². The molecule has 0 bridgehead atoms. The summed E-state index contributed by atoms with van der Waals surface area (Å²) in [6.07, 6.45) is 2.80. The van der Waals surface area contributed by atoms with E-state index in [2.05, 4.69) is 26.8 Å². The SMILES string of the molecule is CCOC(=O)C(NNC(=O)c1ccc(Br)cc1)C1CCCCC1=O. The molecule has 1 aromatic carbocycles. The predicted octanol–water partition coefficient (Wildman–Crippen LogP) is 2.37. The number of ether oxygens (including phenoxy) is 1. The molecule has 0 aliphatic heterocycles. The average molecular weight is 397 g/mol. The van der Waals surface area contributed by atoms with Gasteiger partial charge >= 0.3 is 5.97 Å². The Morgan fingerprint density at radius 3 is 2.62 bits per heavy atom. The Labute approximate surface area is 149 Å². The minimum Gasteiger partial charge on any atom is -0.465 e. The third-order valence-electron chi connectivity index (χ3n) is 3.99. The number of hydrogen-bond donors (Lipinski definition) is 2. The van der Waals surface area contributed by atoms with Crippen molar-refractivity contribution in [1.82, 2.24) is 10.9 Å². The summed E-state index contributed by atoms with van der Waals surface area (Å²) in [7, 11) is 0. The number of benzene rings is 1. The molecule has 130 valence electrons. The smallest absolute Gasteiger partial charge is 0.325 e. The zero-order chi connectivity index (χ0) is 17.5. The molecule has 2 unspecified atom stereocenters. The zero-order valence-corrected chi connectivity index (χ0v) is 15.1. The minimum atomic E-state index is -0.864. The quantitative estimate of drug-likeness (QED) is 0.569. The summed E-state index contributed by atoms with van der Waals surface area (Å²) in [6, 6.07) is 5.96. The van der Waals surface area contributed by atoms with Gasteiger partial charge in [-0.3, -0.25) is 19.8 Å². The third kappa shape index (κ3) is 4.88. The van der Waals surface area contributed by atoms with E-state index in [1.54, 1.807) is 31.2 Å². The summed E-state index contributed by atoms with van der Waals surface area (Å²) in [5.74, 6) is -1.33. The lowest BCUT2D eigenvalue weighted by molar-refractivity contribution is -0.150. The Morgan fingerprint density at radius 1 is 1.29 bits per heavy atom. The van der Waals surface area contributed by atoms with Gasteiger partial charge < -0.3 is 4.74 Å². The molecule has 1 aromatic rings. The van der Waals surface area contributed by atoms with Crippen LogP contribution in [0.4, 0.5) is 0 Å². The van der Waals surface area contributed by atoms with Crippen LogP contribution in [0.1, 0.15) is 43.0 Å². The molecule has 6 nitrogen and oxygen atoms in total. The number of hydrazine groups is 1. The second-order valence-electron chi connectivity index (χ2n) is 5.65. The van der Waals surface area contributed by atoms with Crippen molar-refractivity contribution in [2.24, 2.45) is 5.92 Å². The van der Waals surface area contributed by atoms with Crippen LogP contribution in [0.15, 0.2) is 28.7 Å². The fourth-order valence-electron chi connectivity index (χ4n) is 2.73. The van der Waals surface area contributed by atoms with Crippen LogP contribution in [0.25, 0.3) is 0 Å². The summed E-state index contributed by atoms with van der Waals surface area (Å²) in [6.45, 7) is 1.93. The molecule has 0 heterocycles. The van der Waals surface area contributed by atoms with E-state index in [0.717, 1.165) is 17.3 Å². The topological polar surface area (TPSA) is 84.5 Å². The summed E-state index contributed by atoms with van der Waals surface area (Å²) in [4.78, 5) is 36.5. The van der Waals surface area contributed by atoms with Gasteiger partial charge in [0.1, 0.15) is 11.8 Å². The van der Waals surface area contributed by atoms with E-state index in [1.165, 1.54) is 0 Å². The van der Waals surface area contributed by atoms with Crippen LogP contribution in [-0.4, -0.2) is 30.3 Å². The third-order valence-corrected chi connectivity index (χ3v) is 4.52. The molecule has 0 saturated heterocycles. The standard InChI is InChI=1S/C17H21BrN2O4/c1-2-24-17(23)15(13-5-3-4-6-14(13)21)19-20-16(22)11-7-9-12(18)10-8-11/h7-10,13,15,19H,2-6H2,1H3,(H,20,22). The van der Waals surface area contributed by atoms with Gasteiger partial charge in [0.25, 0.3) is 5.91 Å². The summed E-state index contributed by atoms with van der Waals surface area (Å²) >= 11 is 3.31. The number of carbonyl (C=O) groups excluding carboxylic acids is 3. The van der Waals surface area contributed by atoms with Crippen molar-refractivity contribution in [3.8, 4) is 0 Å². The maximum Gasteiger partial charge on any atom is 0.325 e. The molecule has 1 amide bonds. The highest BCUT2D eigenvalue weighted by atomic mass is 79.9. The lowest BCUT2D eigenvalue weighted by Crippen LogP contribution is -2.54. The van der Waals surface area contributed by atoms with Crippen LogP contribution in [0.3, 0.4) is 0 Å². The highest BCUT2D eigenvalue weighted by Gasteiger charge is 2.36. The second-order valence-corrected chi connectivity index (χ2v) is 6.57. The molecule has 1 fully saturated rings. The van der Waals surface area contributed by atoms with Gasteiger partial charge in [0.2, 0.25) is 0 Å². The molecular formula is C17H21BrN2O4. The van der Waals surface area contributed by atoms with E-state index in [-0.39, 0.29) is 18.3 Å². The first-order valence-electron chi connectivity index (χ1n) is 8.03. The normalized spacial score (nSPS) is 18.8. The first-order chi connectivity index (χ1) is 11.5. The van der Waals surface area contributed by atoms with E-state index < -0.39 is 17.9 Å². The fraction of sp³-hybridized carbons (Fsp3) is 0.471. The van der Waals surface area contributed by atoms with Gasteiger partial charge in [-0.2, -0.15) is 0 Å². The first kappa shape index (κ1) is 18.6. The molecule has 24 heavy (non-hydrogen) atoms. The second kappa shape index (κ2) is 8.94. The molecule has 1 saturated carbocycles. The van der Waals surface area contributed by atoms with Crippen molar-refractivity contribution in [3.63, 3.8) is 0 Å². The molecule has 2 N–H and O–H groups in total. The van der Waals surface area contributed by atoms with Crippen molar-refractivity contribution >= 4 is 33.6 Å². The van der Waals surface area contributed by atoms with Crippen LogP contribution < -0.4 is 10.9 Å².